The maximum Gasteiger partial charge on any atom is 0.260 e. The van der Waals surface area contributed by atoms with Gasteiger partial charge in [-0.3, -0.25) is 5.84 Å². The van der Waals surface area contributed by atoms with Gasteiger partial charge >= 0.3 is 0 Å². The number of hydrogen-bond donors (Lipinski definition) is 3. The molecule has 1 atom stereocenters. The first-order valence-corrected chi connectivity index (χ1v) is 7.82. The molecule has 0 fully saturated rings. The third-order valence-electron chi connectivity index (χ3n) is 1.95. The molecule has 0 bridgehead atoms. The van der Waals surface area contributed by atoms with Crippen molar-refractivity contribution in [3.63, 3.8) is 0 Å². The summed E-state index contributed by atoms with van der Waals surface area (Å²) in [5.74, 6) is 5.94. The zero-order chi connectivity index (χ0) is 12.9. The Bertz CT molecular complexity index is 464. The van der Waals surface area contributed by atoms with E-state index in [2.05, 4.69) is 15.1 Å². The summed E-state index contributed by atoms with van der Waals surface area (Å²) in [5, 5.41) is -0.0875. The largest absolute Gasteiger partial charge is 0.321 e. The van der Waals surface area contributed by atoms with E-state index in [9.17, 15) is 8.42 Å². The Morgan fingerprint density at radius 3 is 2.88 bits per heavy atom. The van der Waals surface area contributed by atoms with E-state index in [1.165, 1.54) is 6.20 Å². The van der Waals surface area contributed by atoms with Crippen molar-refractivity contribution in [2.75, 3.05) is 17.4 Å². The average molecular weight is 276 g/mol. The second kappa shape index (κ2) is 6.20. The molecule has 0 aliphatic carbocycles. The number of rotatable bonds is 6. The van der Waals surface area contributed by atoms with Crippen molar-refractivity contribution in [3.8, 4) is 0 Å². The van der Waals surface area contributed by atoms with Crippen LogP contribution in [0, 0.1) is 0 Å². The Kier molecular flexibility index (Phi) is 5.19. The van der Waals surface area contributed by atoms with Crippen molar-refractivity contribution in [1.82, 2.24) is 9.71 Å². The van der Waals surface area contributed by atoms with Crippen molar-refractivity contribution in [3.05, 3.63) is 18.3 Å². The highest BCUT2D eigenvalue weighted by molar-refractivity contribution is 7.98. The summed E-state index contributed by atoms with van der Waals surface area (Å²) >= 11 is 1.57. The normalized spacial score (nSPS) is 13.4. The summed E-state index contributed by atoms with van der Waals surface area (Å²) in [5.41, 5.74) is 2.59. The molecule has 0 saturated carbocycles. The third-order valence-corrected chi connectivity index (χ3v) is 4.33. The molecule has 1 aromatic heterocycles. The molecule has 4 N–H and O–H groups in total. The summed E-state index contributed by atoms with van der Waals surface area (Å²) in [7, 11) is -3.64. The van der Waals surface area contributed by atoms with E-state index < -0.39 is 10.0 Å². The molecule has 1 rings (SSSR count). The minimum Gasteiger partial charge on any atom is -0.321 e. The summed E-state index contributed by atoms with van der Waals surface area (Å²) < 4.78 is 26.6. The van der Waals surface area contributed by atoms with E-state index in [1.807, 2.05) is 6.26 Å². The van der Waals surface area contributed by atoms with Gasteiger partial charge in [-0.1, -0.05) is 0 Å². The standard InChI is InChI=1S/C9H16N4O2S2/c1-7(6-16-2)13-17(14,15)9-8(12-10)4-3-5-11-9/h3-5,7,12-13H,6,10H2,1-2H3. The zero-order valence-electron chi connectivity index (χ0n) is 9.67. The van der Waals surface area contributed by atoms with E-state index >= 15 is 0 Å². The lowest BCUT2D eigenvalue weighted by Crippen LogP contribution is -2.35. The van der Waals surface area contributed by atoms with Gasteiger partial charge in [0.2, 0.25) is 0 Å². The molecule has 1 aromatic rings. The quantitative estimate of drug-likeness (QED) is 0.514. The number of hydrazine groups is 1. The molecule has 6 nitrogen and oxygen atoms in total. The fraction of sp³-hybridized carbons (Fsp3) is 0.444. The first-order valence-electron chi connectivity index (χ1n) is 4.94. The second-order valence-corrected chi connectivity index (χ2v) is 6.02. The van der Waals surface area contributed by atoms with Crippen LogP contribution < -0.4 is 16.0 Å². The summed E-state index contributed by atoms with van der Waals surface area (Å²) in [6.07, 6.45) is 3.33. The number of hydrogen-bond acceptors (Lipinski definition) is 6. The molecule has 1 heterocycles. The molecular formula is C9H16N4O2S2. The first kappa shape index (κ1) is 14.2. The number of nitrogens with zero attached hydrogens (tertiary/aromatic N) is 1. The number of aromatic nitrogens is 1. The zero-order valence-corrected chi connectivity index (χ0v) is 11.3. The summed E-state index contributed by atoms with van der Waals surface area (Å²) in [6, 6.07) is 3.00. The molecule has 0 spiro atoms. The van der Waals surface area contributed by atoms with Crippen LogP contribution in [-0.4, -0.2) is 31.5 Å². The van der Waals surface area contributed by atoms with Crippen LogP contribution in [0.3, 0.4) is 0 Å². The minimum atomic E-state index is -3.64. The van der Waals surface area contributed by atoms with Crippen molar-refractivity contribution < 1.29 is 8.42 Å². The Labute approximate surface area is 105 Å². The molecule has 1 unspecified atom stereocenters. The van der Waals surface area contributed by atoms with E-state index in [0.29, 0.717) is 5.75 Å². The maximum absolute atomic E-state index is 12.0. The van der Waals surface area contributed by atoms with Gasteiger partial charge in [0, 0.05) is 18.0 Å². The fourth-order valence-electron chi connectivity index (χ4n) is 1.32. The average Bonchev–Trinajstić information content (AvgIpc) is 2.28. The van der Waals surface area contributed by atoms with Gasteiger partial charge in [-0.2, -0.15) is 11.8 Å². The highest BCUT2D eigenvalue weighted by Gasteiger charge is 2.21. The molecular weight excluding hydrogens is 260 g/mol. The van der Waals surface area contributed by atoms with Gasteiger partial charge in [0.15, 0.2) is 5.03 Å². The van der Waals surface area contributed by atoms with Crippen LogP contribution >= 0.6 is 11.8 Å². The molecule has 0 aliphatic heterocycles. The monoisotopic (exact) mass is 276 g/mol. The van der Waals surface area contributed by atoms with Crippen LogP contribution in [0.1, 0.15) is 6.92 Å². The first-order chi connectivity index (χ1) is 8.01. The molecule has 0 aromatic carbocycles. The molecule has 0 radical (unpaired) electrons. The Morgan fingerprint density at radius 1 is 1.59 bits per heavy atom. The Hall–Kier alpha value is -0.830. The molecule has 0 saturated heterocycles. The van der Waals surface area contributed by atoms with E-state index in [-0.39, 0.29) is 16.8 Å². The van der Waals surface area contributed by atoms with Crippen LogP contribution in [0.5, 0.6) is 0 Å². The Morgan fingerprint density at radius 2 is 2.29 bits per heavy atom. The molecule has 96 valence electrons. The lowest BCUT2D eigenvalue weighted by atomic mass is 10.4. The van der Waals surface area contributed by atoms with Gasteiger partial charge in [-0.05, 0) is 25.3 Å². The van der Waals surface area contributed by atoms with Crippen molar-refractivity contribution in [2.45, 2.75) is 18.0 Å². The van der Waals surface area contributed by atoms with E-state index in [0.717, 1.165) is 0 Å². The summed E-state index contributed by atoms with van der Waals surface area (Å²) in [6.45, 7) is 1.80. The van der Waals surface area contributed by atoms with Gasteiger partial charge < -0.3 is 5.43 Å². The second-order valence-electron chi connectivity index (χ2n) is 3.48. The fourth-order valence-corrected chi connectivity index (χ4v) is 3.35. The summed E-state index contributed by atoms with van der Waals surface area (Å²) in [4.78, 5) is 3.83. The van der Waals surface area contributed by atoms with Crippen molar-refractivity contribution in [2.24, 2.45) is 5.84 Å². The van der Waals surface area contributed by atoms with Crippen LogP contribution in [0.2, 0.25) is 0 Å². The molecule has 8 heteroatoms. The van der Waals surface area contributed by atoms with Gasteiger partial charge in [0.1, 0.15) is 0 Å². The van der Waals surface area contributed by atoms with Gasteiger partial charge in [0.25, 0.3) is 10.0 Å². The Balaban J connectivity index is 2.97. The number of nitrogens with two attached hydrogens (primary N) is 1. The lowest BCUT2D eigenvalue weighted by molar-refractivity contribution is 0.567. The number of nitrogen functional groups attached to an aromatic ring is 1. The number of thioether (sulfide) groups is 1. The van der Waals surface area contributed by atoms with Gasteiger partial charge in [-0.25, -0.2) is 18.1 Å². The number of sulfonamides is 1. The van der Waals surface area contributed by atoms with E-state index in [1.54, 1.807) is 30.8 Å². The third kappa shape index (κ3) is 3.84. The maximum atomic E-state index is 12.0. The van der Waals surface area contributed by atoms with Crippen LogP contribution in [-0.2, 0) is 10.0 Å². The SMILES string of the molecule is CSCC(C)NS(=O)(=O)c1ncccc1NN. The van der Waals surface area contributed by atoms with Crippen LogP contribution in [0.15, 0.2) is 23.4 Å². The van der Waals surface area contributed by atoms with Crippen LogP contribution in [0.25, 0.3) is 0 Å². The molecule has 0 aliphatic rings. The minimum absolute atomic E-state index is 0.0875. The molecule has 0 amide bonds. The van der Waals surface area contributed by atoms with Gasteiger partial charge in [-0.15, -0.1) is 0 Å². The van der Waals surface area contributed by atoms with Crippen molar-refractivity contribution in [1.29, 1.82) is 0 Å². The molecule has 17 heavy (non-hydrogen) atoms. The number of nitrogens with one attached hydrogen (secondary N) is 2. The predicted molar refractivity (Wildman–Crippen MR) is 70.2 cm³/mol. The number of anilines is 1. The highest BCUT2D eigenvalue weighted by atomic mass is 32.2. The van der Waals surface area contributed by atoms with Gasteiger partial charge in [0.05, 0.1) is 5.69 Å². The highest BCUT2D eigenvalue weighted by Crippen LogP contribution is 2.16. The topological polar surface area (TPSA) is 97.1 Å². The van der Waals surface area contributed by atoms with E-state index in [4.69, 9.17) is 5.84 Å². The van der Waals surface area contributed by atoms with Crippen LogP contribution in [0.4, 0.5) is 5.69 Å². The number of pyridine rings is 1. The van der Waals surface area contributed by atoms with Crippen molar-refractivity contribution >= 4 is 27.5 Å². The lowest BCUT2D eigenvalue weighted by Gasteiger charge is -2.14. The smallest absolute Gasteiger partial charge is 0.260 e. The predicted octanol–water partition coefficient (Wildman–Crippen LogP) is 0.397.